The molecule has 1 aliphatic heterocycles. The van der Waals surface area contributed by atoms with Gasteiger partial charge in [-0.1, -0.05) is 29.8 Å². The van der Waals surface area contributed by atoms with Crippen LogP contribution in [-0.2, 0) is 5.41 Å². The van der Waals surface area contributed by atoms with E-state index < -0.39 is 0 Å². The lowest BCUT2D eigenvalue weighted by Gasteiger charge is -2.24. The number of likely N-dealkylation sites (tertiary alicyclic amines) is 1. The maximum absolute atomic E-state index is 12.7. The van der Waals surface area contributed by atoms with Crippen molar-refractivity contribution in [1.82, 2.24) is 15.0 Å². The van der Waals surface area contributed by atoms with E-state index in [2.05, 4.69) is 5.16 Å². The van der Waals surface area contributed by atoms with Gasteiger partial charge in [-0.25, -0.2) is 0 Å². The molecule has 0 bridgehead atoms. The normalized spacial score (nSPS) is 24.8. The van der Waals surface area contributed by atoms with Crippen LogP contribution in [0.1, 0.15) is 35.6 Å². The first-order chi connectivity index (χ1) is 12.8. The van der Waals surface area contributed by atoms with Gasteiger partial charge in [0.1, 0.15) is 0 Å². The average molecular weight is 349 g/mol. The second kappa shape index (κ2) is 5.83. The molecule has 1 aliphatic carbocycles. The number of fused-ring (bicyclic) bond motifs is 1. The average Bonchev–Trinajstić information content (AvgIpc) is 3.44. The largest absolute Gasteiger partial charge is 0.459 e. The fraction of sp³-hybridized carbons (Fsp3) is 0.350. The molecule has 0 spiro atoms. The van der Waals surface area contributed by atoms with E-state index in [0.29, 0.717) is 24.1 Å². The lowest BCUT2D eigenvalue weighted by molar-refractivity contribution is 0.0745. The number of carbonyl (C=O) groups excluding carboxylic acids is 1. The topological polar surface area (TPSA) is 72.4 Å². The van der Waals surface area contributed by atoms with Gasteiger partial charge in [0.05, 0.1) is 11.7 Å². The van der Waals surface area contributed by atoms with Crippen LogP contribution in [0.4, 0.5) is 0 Å². The SMILES string of the molecule is O=C(c1ccco1)N1C[C@H]2CCC[C@@]2(c2noc(-c3ccccc3)n2)C1. The van der Waals surface area contributed by atoms with E-state index in [9.17, 15) is 4.79 Å². The summed E-state index contributed by atoms with van der Waals surface area (Å²) in [7, 11) is 0. The first kappa shape index (κ1) is 15.4. The smallest absolute Gasteiger partial charge is 0.289 e. The third kappa shape index (κ3) is 2.29. The van der Waals surface area contributed by atoms with Gasteiger partial charge in [0, 0.05) is 18.7 Å². The highest BCUT2D eigenvalue weighted by atomic mass is 16.5. The number of benzene rings is 1. The summed E-state index contributed by atoms with van der Waals surface area (Å²) in [5.41, 5.74) is 0.706. The molecule has 0 radical (unpaired) electrons. The molecule has 1 saturated carbocycles. The number of hydrogen-bond donors (Lipinski definition) is 0. The quantitative estimate of drug-likeness (QED) is 0.723. The molecule has 3 heterocycles. The molecule has 3 aromatic rings. The van der Waals surface area contributed by atoms with Crippen LogP contribution in [0.3, 0.4) is 0 Å². The van der Waals surface area contributed by atoms with Crippen molar-refractivity contribution in [2.24, 2.45) is 5.92 Å². The third-order valence-corrected chi connectivity index (χ3v) is 5.78. The summed E-state index contributed by atoms with van der Waals surface area (Å²) < 4.78 is 10.8. The predicted molar refractivity (Wildman–Crippen MR) is 93.4 cm³/mol. The Kier molecular flexibility index (Phi) is 3.45. The molecular formula is C20H19N3O3. The second-order valence-electron chi connectivity index (χ2n) is 7.20. The summed E-state index contributed by atoms with van der Waals surface area (Å²) in [4.78, 5) is 19.3. The van der Waals surface area contributed by atoms with E-state index in [1.54, 1.807) is 12.1 Å². The Balaban J connectivity index is 1.46. The molecule has 6 heteroatoms. The number of nitrogens with zero attached hydrogens (tertiary/aromatic N) is 3. The number of carbonyl (C=O) groups is 1. The highest BCUT2D eigenvalue weighted by molar-refractivity contribution is 5.91. The van der Waals surface area contributed by atoms with Crippen molar-refractivity contribution in [3.05, 3.63) is 60.3 Å². The zero-order chi connectivity index (χ0) is 17.6. The minimum absolute atomic E-state index is 0.0597. The lowest BCUT2D eigenvalue weighted by atomic mass is 9.80. The molecule has 2 aliphatic rings. The van der Waals surface area contributed by atoms with Crippen LogP contribution in [0.15, 0.2) is 57.7 Å². The first-order valence-corrected chi connectivity index (χ1v) is 8.99. The van der Waals surface area contributed by atoms with Gasteiger partial charge in [-0.15, -0.1) is 0 Å². The van der Waals surface area contributed by atoms with Crippen LogP contribution in [0.5, 0.6) is 0 Å². The van der Waals surface area contributed by atoms with Crippen molar-refractivity contribution in [2.45, 2.75) is 24.7 Å². The van der Waals surface area contributed by atoms with Crippen molar-refractivity contribution in [3.8, 4) is 11.5 Å². The van der Waals surface area contributed by atoms with Gasteiger partial charge >= 0.3 is 0 Å². The maximum atomic E-state index is 12.7. The standard InChI is InChI=1S/C20H19N3O3/c24-18(16-9-5-11-25-16)23-12-15-8-4-10-20(15,13-23)19-21-17(26-22-19)14-6-2-1-3-7-14/h1-3,5-7,9,11,15H,4,8,10,12-13H2/t15-,20-/m1/s1. The number of aromatic nitrogens is 2. The monoisotopic (exact) mass is 349 g/mol. The first-order valence-electron chi connectivity index (χ1n) is 8.99. The minimum Gasteiger partial charge on any atom is -0.459 e. The van der Waals surface area contributed by atoms with Crippen LogP contribution >= 0.6 is 0 Å². The number of furan rings is 1. The molecule has 6 nitrogen and oxygen atoms in total. The van der Waals surface area contributed by atoms with Crippen molar-refractivity contribution in [1.29, 1.82) is 0 Å². The van der Waals surface area contributed by atoms with E-state index in [1.807, 2.05) is 35.2 Å². The van der Waals surface area contributed by atoms with Crippen LogP contribution in [0.25, 0.3) is 11.5 Å². The molecule has 2 aromatic heterocycles. The third-order valence-electron chi connectivity index (χ3n) is 5.78. The van der Waals surface area contributed by atoms with Gasteiger partial charge in [-0.05, 0) is 43.0 Å². The molecule has 26 heavy (non-hydrogen) atoms. The lowest BCUT2D eigenvalue weighted by Crippen LogP contribution is -2.35. The van der Waals surface area contributed by atoms with Crippen molar-refractivity contribution < 1.29 is 13.7 Å². The second-order valence-corrected chi connectivity index (χ2v) is 7.20. The highest BCUT2D eigenvalue weighted by Crippen LogP contribution is 2.50. The van der Waals surface area contributed by atoms with E-state index in [-0.39, 0.29) is 11.3 Å². The molecule has 0 N–H and O–H groups in total. The van der Waals surface area contributed by atoms with Gasteiger partial charge in [-0.2, -0.15) is 4.98 Å². The Morgan fingerprint density at radius 3 is 2.88 bits per heavy atom. The summed E-state index contributed by atoms with van der Waals surface area (Å²) in [6, 6.07) is 13.2. The van der Waals surface area contributed by atoms with Crippen LogP contribution in [-0.4, -0.2) is 34.0 Å². The molecule has 2 fully saturated rings. The Labute approximate surface area is 150 Å². The van der Waals surface area contributed by atoms with E-state index in [4.69, 9.17) is 13.9 Å². The molecular weight excluding hydrogens is 330 g/mol. The van der Waals surface area contributed by atoms with Crippen LogP contribution in [0.2, 0.25) is 0 Å². The number of amides is 1. The van der Waals surface area contributed by atoms with E-state index in [1.165, 1.54) is 6.26 Å². The summed E-state index contributed by atoms with van der Waals surface area (Å²) in [6.45, 7) is 1.33. The summed E-state index contributed by atoms with van der Waals surface area (Å²) in [5, 5.41) is 4.32. The fourth-order valence-electron chi connectivity index (χ4n) is 4.49. The Morgan fingerprint density at radius 2 is 2.08 bits per heavy atom. The van der Waals surface area contributed by atoms with Crippen LogP contribution < -0.4 is 0 Å². The Hall–Kier alpha value is -2.89. The molecule has 5 rings (SSSR count). The fourth-order valence-corrected chi connectivity index (χ4v) is 4.49. The molecule has 0 unspecified atom stereocenters. The number of hydrogen-bond acceptors (Lipinski definition) is 5. The molecule has 1 amide bonds. The van der Waals surface area contributed by atoms with Gasteiger partial charge in [0.25, 0.3) is 11.8 Å². The van der Waals surface area contributed by atoms with Gasteiger partial charge < -0.3 is 13.8 Å². The molecule has 2 atom stereocenters. The summed E-state index contributed by atoms with van der Waals surface area (Å²) >= 11 is 0. The predicted octanol–water partition coefficient (Wildman–Crippen LogP) is 3.52. The zero-order valence-electron chi connectivity index (χ0n) is 14.3. The van der Waals surface area contributed by atoms with Gasteiger partial charge in [-0.3, -0.25) is 4.79 Å². The molecule has 132 valence electrons. The highest BCUT2D eigenvalue weighted by Gasteiger charge is 2.54. The van der Waals surface area contributed by atoms with Crippen molar-refractivity contribution in [3.63, 3.8) is 0 Å². The Bertz CT molecular complexity index is 919. The summed E-state index contributed by atoms with van der Waals surface area (Å²) in [6.07, 6.45) is 4.72. The maximum Gasteiger partial charge on any atom is 0.289 e. The van der Waals surface area contributed by atoms with Gasteiger partial charge in [0.15, 0.2) is 11.6 Å². The molecule has 1 saturated heterocycles. The summed E-state index contributed by atoms with van der Waals surface area (Å²) in [5.74, 6) is 1.96. The van der Waals surface area contributed by atoms with E-state index >= 15 is 0 Å². The van der Waals surface area contributed by atoms with Crippen LogP contribution in [0, 0.1) is 5.92 Å². The van der Waals surface area contributed by atoms with Crippen molar-refractivity contribution >= 4 is 5.91 Å². The Morgan fingerprint density at radius 1 is 1.19 bits per heavy atom. The zero-order valence-corrected chi connectivity index (χ0v) is 14.3. The van der Waals surface area contributed by atoms with Gasteiger partial charge in [0.2, 0.25) is 0 Å². The van der Waals surface area contributed by atoms with Crippen molar-refractivity contribution in [2.75, 3.05) is 13.1 Å². The van der Waals surface area contributed by atoms with E-state index in [0.717, 1.165) is 37.2 Å². The number of rotatable bonds is 3. The molecule has 1 aromatic carbocycles. The minimum atomic E-state index is -0.210.